The van der Waals surface area contributed by atoms with Crippen LogP contribution in [0.1, 0.15) is 17.1 Å². The van der Waals surface area contributed by atoms with Gasteiger partial charge < -0.3 is 14.5 Å². The summed E-state index contributed by atoms with van der Waals surface area (Å²) in [6, 6.07) is 22.4. The van der Waals surface area contributed by atoms with Crippen LogP contribution in [-0.4, -0.2) is 26.6 Å². The van der Waals surface area contributed by atoms with E-state index >= 15 is 0 Å². The molecule has 3 aromatic carbocycles. The Morgan fingerprint density at radius 3 is 2.56 bits per heavy atom. The zero-order valence-corrected chi connectivity index (χ0v) is 20.2. The van der Waals surface area contributed by atoms with E-state index in [-0.39, 0.29) is 5.82 Å². The molecule has 0 amide bonds. The van der Waals surface area contributed by atoms with Crippen LogP contribution in [0.3, 0.4) is 0 Å². The van der Waals surface area contributed by atoms with Crippen molar-refractivity contribution >= 4 is 40.1 Å². The summed E-state index contributed by atoms with van der Waals surface area (Å²) in [6.45, 7) is 1.31. The van der Waals surface area contributed by atoms with Crippen LogP contribution in [-0.2, 0) is 18.8 Å². The molecule has 172 valence electrons. The highest BCUT2D eigenvalue weighted by atomic mass is 35.5. The Morgan fingerprint density at radius 1 is 1.03 bits per heavy atom. The lowest BCUT2D eigenvalue weighted by atomic mass is 10.2. The summed E-state index contributed by atoms with van der Waals surface area (Å²) in [5, 5.41) is 1.63. The zero-order valence-electron chi connectivity index (χ0n) is 18.6. The molecule has 0 aliphatic rings. The molecule has 2 heterocycles. The molecule has 0 unspecified atom stereocenters. The lowest BCUT2D eigenvalue weighted by molar-refractivity contribution is 0.627. The Bertz CT molecular complexity index is 1360. The van der Waals surface area contributed by atoms with Gasteiger partial charge in [-0.2, -0.15) is 0 Å². The number of para-hydroxylation sites is 2. The van der Waals surface area contributed by atoms with Crippen molar-refractivity contribution < 1.29 is 4.39 Å². The fraction of sp³-hybridized carbons (Fsp3) is 0.154. The van der Waals surface area contributed by atoms with E-state index in [4.69, 9.17) is 16.6 Å². The van der Waals surface area contributed by atoms with Gasteiger partial charge in [-0.05, 0) is 54.1 Å². The number of rotatable bonds is 8. The molecule has 0 saturated heterocycles. The number of hydrogen-bond acceptors (Lipinski definition) is 4. The average Bonchev–Trinajstić information content (AvgIpc) is 3.43. The number of benzene rings is 3. The van der Waals surface area contributed by atoms with Gasteiger partial charge in [0.2, 0.25) is 0 Å². The number of H-pyrrole nitrogens is 1. The van der Waals surface area contributed by atoms with Crippen molar-refractivity contribution in [1.82, 2.24) is 19.5 Å². The number of anilines is 1. The van der Waals surface area contributed by atoms with E-state index in [2.05, 4.69) is 19.4 Å². The first kappa shape index (κ1) is 22.5. The highest BCUT2D eigenvalue weighted by Crippen LogP contribution is 2.26. The van der Waals surface area contributed by atoms with Gasteiger partial charge in [-0.3, -0.25) is 0 Å². The first-order chi connectivity index (χ1) is 16.5. The van der Waals surface area contributed by atoms with Crippen LogP contribution in [0, 0.1) is 5.82 Å². The molecule has 2 aromatic heterocycles. The molecule has 5 rings (SSSR count). The van der Waals surface area contributed by atoms with Crippen molar-refractivity contribution in [3.8, 4) is 0 Å². The summed E-state index contributed by atoms with van der Waals surface area (Å²) >= 11 is 7.74. The molecule has 8 heteroatoms. The molecule has 0 bridgehead atoms. The van der Waals surface area contributed by atoms with E-state index in [9.17, 15) is 4.39 Å². The second-order valence-electron chi connectivity index (χ2n) is 8.07. The molecular formula is C26H23ClFN5S. The van der Waals surface area contributed by atoms with Gasteiger partial charge in [0.05, 0.1) is 35.2 Å². The third kappa shape index (κ3) is 5.11. The quantitative estimate of drug-likeness (QED) is 0.251. The number of aromatic nitrogens is 4. The van der Waals surface area contributed by atoms with Crippen molar-refractivity contribution in [2.24, 2.45) is 0 Å². The maximum atomic E-state index is 13.4. The van der Waals surface area contributed by atoms with Gasteiger partial charge in [0.25, 0.3) is 0 Å². The number of nitrogens with one attached hydrogen (secondary N) is 1. The fourth-order valence-corrected chi connectivity index (χ4v) is 4.81. The van der Waals surface area contributed by atoms with Crippen LogP contribution < -0.4 is 4.90 Å². The van der Waals surface area contributed by atoms with E-state index in [1.807, 2.05) is 61.8 Å². The maximum absolute atomic E-state index is 13.4. The number of nitrogens with zero attached hydrogens (tertiary/aromatic N) is 4. The number of thioether (sulfide) groups is 1. The monoisotopic (exact) mass is 491 g/mol. The summed E-state index contributed by atoms with van der Waals surface area (Å²) in [4.78, 5) is 14.9. The van der Waals surface area contributed by atoms with E-state index in [0.717, 1.165) is 39.0 Å². The highest BCUT2D eigenvalue weighted by Gasteiger charge is 2.15. The number of fused-ring (bicyclic) bond motifs is 1. The summed E-state index contributed by atoms with van der Waals surface area (Å²) in [7, 11) is 1.99. The molecule has 0 spiro atoms. The fourth-order valence-electron chi connectivity index (χ4n) is 3.81. The predicted molar refractivity (Wildman–Crippen MR) is 137 cm³/mol. The molecule has 5 aromatic rings. The molecule has 1 N–H and O–H groups in total. The van der Waals surface area contributed by atoms with Gasteiger partial charge in [0, 0.05) is 24.3 Å². The molecule has 0 aliphatic carbocycles. The number of hydrogen-bond donors (Lipinski definition) is 1. The lowest BCUT2D eigenvalue weighted by Crippen LogP contribution is -2.19. The van der Waals surface area contributed by atoms with Crippen LogP contribution >= 0.6 is 23.4 Å². The van der Waals surface area contributed by atoms with Crippen molar-refractivity contribution in [1.29, 1.82) is 0 Å². The van der Waals surface area contributed by atoms with Gasteiger partial charge in [-0.25, -0.2) is 14.4 Å². The first-order valence-corrected chi connectivity index (χ1v) is 12.2. The number of imidazole rings is 2. The van der Waals surface area contributed by atoms with Crippen molar-refractivity contribution in [2.75, 3.05) is 11.9 Å². The number of aromatic amines is 1. The second kappa shape index (κ2) is 9.91. The summed E-state index contributed by atoms with van der Waals surface area (Å²) in [5.41, 5.74) is 5.14. The van der Waals surface area contributed by atoms with Crippen molar-refractivity contribution in [3.05, 3.63) is 107 Å². The molecule has 34 heavy (non-hydrogen) atoms. The van der Waals surface area contributed by atoms with Gasteiger partial charge in [0.1, 0.15) is 11.6 Å². The van der Waals surface area contributed by atoms with Gasteiger partial charge in [-0.15, -0.1) is 0 Å². The highest BCUT2D eigenvalue weighted by molar-refractivity contribution is 7.98. The first-order valence-electron chi connectivity index (χ1n) is 10.9. The Hall–Kier alpha value is -3.29. The minimum Gasteiger partial charge on any atom is -0.369 e. The average molecular weight is 492 g/mol. The minimum absolute atomic E-state index is 0.241. The third-order valence-corrected chi connectivity index (χ3v) is 6.85. The van der Waals surface area contributed by atoms with E-state index in [1.165, 1.54) is 12.1 Å². The second-order valence-corrected chi connectivity index (χ2v) is 9.45. The van der Waals surface area contributed by atoms with Gasteiger partial charge >= 0.3 is 0 Å². The van der Waals surface area contributed by atoms with E-state index in [0.29, 0.717) is 23.9 Å². The molecule has 5 nitrogen and oxygen atoms in total. The molecule has 0 radical (unpaired) electrons. The van der Waals surface area contributed by atoms with Gasteiger partial charge in [0.15, 0.2) is 5.16 Å². The minimum atomic E-state index is -0.241. The Labute approximate surface area is 206 Å². The van der Waals surface area contributed by atoms with Crippen molar-refractivity contribution in [3.63, 3.8) is 0 Å². The van der Waals surface area contributed by atoms with Gasteiger partial charge in [-0.1, -0.05) is 47.6 Å². The lowest BCUT2D eigenvalue weighted by Gasteiger charge is -2.21. The van der Waals surface area contributed by atoms with Crippen LogP contribution in [0.15, 0.2) is 84.1 Å². The predicted octanol–water partition coefficient (Wildman–Crippen LogP) is 6.53. The van der Waals surface area contributed by atoms with E-state index < -0.39 is 0 Å². The Morgan fingerprint density at radius 2 is 1.79 bits per heavy atom. The molecule has 0 aliphatic heterocycles. The largest absolute Gasteiger partial charge is 0.369 e. The smallest absolute Gasteiger partial charge is 0.168 e. The Balaban J connectivity index is 1.39. The SMILES string of the molecule is CN(Cc1cnc(SCc2nc3ccccc3[nH]2)n1Cc1ccc(Cl)cc1)c1ccc(F)cc1. The topological polar surface area (TPSA) is 49.7 Å². The molecule has 0 fully saturated rings. The maximum Gasteiger partial charge on any atom is 0.168 e. The number of halogens is 2. The summed E-state index contributed by atoms with van der Waals surface area (Å²) < 4.78 is 15.6. The van der Waals surface area contributed by atoms with Crippen LogP contribution in [0.2, 0.25) is 5.02 Å². The van der Waals surface area contributed by atoms with Crippen molar-refractivity contribution in [2.45, 2.75) is 24.0 Å². The van der Waals surface area contributed by atoms with Crippen LogP contribution in [0.25, 0.3) is 11.0 Å². The summed E-state index contributed by atoms with van der Waals surface area (Å²) in [6.07, 6.45) is 1.91. The standard InChI is InChI=1S/C26H23ClFN5S/c1-32(21-12-10-20(28)11-13-21)16-22-14-29-26(33(22)15-18-6-8-19(27)9-7-18)34-17-25-30-23-4-2-3-5-24(23)31-25/h2-14H,15-17H2,1H3,(H,30,31). The summed E-state index contributed by atoms with van der Waals surface area (Å²) in [5.74, 6) is 1.35. The molecule has 0 atom stereocenters. The molecular weight excluding hydrogens is 469 g/mol. The Kier molecular flexibility index (Phi) is 6.56. The van der Waals surface area contributed by atoms with E-state index in [1.54, 1.807) is 23.9 Å². The molecule has 0 saturated carbocycles. The zero-order chi connectivity index (χ0) is 23.5. The van der Waals surface area contributed by atoms with Crippen LogP contribution in [0.4, 0.5) is 10.1 Å². The third-order valence-electron chi connectivity index (χ3n) is 5.60. The normalized spacial score (nSPS) is 11.3. The van der Waals surface area contributed by atoms with Crippen LogP contribution in [0.5, 0.6) is 0 Å².